The molecule has 1 aliphatic heterocycles. The number of rotatable bonds is 1. The minimum Gasteiger partial charge on any atom is -0.329 e. The van der Waals surface area contributed by atoms with Crippen molar-refractivity contribution in [1.82, 2.24) is 10.2 Å². The normalized spacial score (nSPS) is 20.1. The first-order valence-electron chi connectivity index (χ1n) is 5.59. The van der Waals surface area contributed by atoms with Gasteiger partial charge in [-0.2, -0.15) is 0 Å². The number of amides is 2. The van der Waals surface area contributed by atoms with E-state index in [1.54, 1.807) is 4.90 Å². The van der Waals surface area contributed by atoms with Crippen LogP contribution in [-0.2, 0) is 0 Å². The summed E-state index contributed by atoms with van der Waals surface area (Å²) >= 11 is 0. The molecule has 1 N–H and O–H groups in total. The van der Waals surface area contributed by atoms with Gasteiger partial charge in [0.15, 0.2) is 0 Å². The van der Waals surface area contributed by atoms with Crippen LogP contribution >= 0.6 is 0 Å². The fourth-order valence-electron chi connectivity index (χ4n) is 2.19. The summed E-state index contributed by atoms with van der Waals surface area (Å²) in [5.41, 5.74) is 5.15. The molecule has 86 valence electrons. The molecule has 0 aromatic heterocycles. The number of likely N-dealkylation sites (N-methyl/N-ethyl adjacent to an activating group) is 1. The molecule has 1 aliphatic rings. The van der Waals surface area contributed by atoms with Crippen molar-refractivity contribution in [2.75, 3.05) is 13.6 Å². The van der Waals surface area contributed by atoms with Gasteiger partial charge in [0.25, 0.3) is 0 Å². The third kappa shape index (κ3) is 1.66. The monoisotopic (exact) mass is 218 g/mol. The van der Waals surface area contributed by atoms with Gasteiger partial charge in [-0.25, -0.2) is 4.79 Å². The Kier molecular flexibility index (Phi) is 2.62. The quantitative estimate of drug-likeness (QED) is 0.770. The molecule has 2 amide bonds. The number of nitrogens with zero attached hydrogens (tertiary/aromatic N) is 1. The summed E-state index contributed by atoms with van der Waals surface area (Å²) in [4.78, 5) is 13.2. The molecule has 1 saturated heterocycles. The molecule has 1 heterocycles. The van der Waals surface area contributed by atoms with Gasteiger partial charge in [-0.1, -0.05) is 12.1 Å². The van der Waals surface area contributed by atoms with Crippen LogP contribution in [0.15, 0.2) is 12.1 Å². The van der Waals surface area contributed by atoms with Gasteiger partial charge in [0.1, 0.15) is 0 Å². The van der Waals surface area contributed by atoms with Crippen LogP contribution in [0.25, 0.3) is 0 Å². The summed E-state index contributed by atoms with van der Waals surface area (Å²) in [5.74, 6) is 0. The van der Waals surface area contributed by atoms with Crippen molar-refractivity contribution in [3.63, 3.8) is 0 Å². The van der Waals surface area contributed by atoms with Crippen molar-refractivity contribution >= 4 is 6.03 Å². The molecule has 1 atom stereocenters. The fraction of sp³-hybridized carbons (Fsp3) is 0.462. The average Bonchev–Trinajstić information content (AvgIpc) is 2.56. The maximum Gasteiger partial charge on any atom is 0.317 e. The van der Waals surface area contributed by atoms with E-state index in [2.05, 4.69) is 38.2 Å². The van der Waals surface area contributed by atoms with Crippen molar-refractivity contribution in [2.24, 2.45) is 0 Å². The van der Waals surface area contributed by atoms with Gasteiger partial charge in [-0.05, 0) is 43.0 Å². The molecule has 1 unspecified atom stereocenters. The molecule has 0 saturated carbocycles. The lowest BCUT2D eigenvalue weighted by molar-refractivity contribution is 0.226. The molecule has 1 aromatic rings. The fourth-order valence-corrected chi connectivity index (χ4v) is 2.19. The molecule has 0 radical (unpaired) electrons. The summed E-state index contributed by atoms with van der Waals surface area (Å²) in [6.45, 7) is 7.13. The maximum atomic E-state index is 11.4. The SMILES string of the molecule is Cc1ccc(C2CN(C)C(=O)N2)c(C)c1C. The van der Waals surface area contributed by atoms with Crippen LogP contribution in [0, 0.1) is 20.8 Å². The van der Waals surface area contributed by atoms with E-state index in [-0.39, 0.29) is 12.1 Å². The van der Waals surface area contributed by atoms with Gasteiger partial charge in [-0.3, -0.25) is 0 Å². The van der Waals surface area contributed by atoms with E-state index < -0.39 is 0 Å². The Balaban J connectivity index is 2.36. The highest BCUT2D eigenvalue weighted by atomic mass is 16.2. The van der Waals surface area contributed by atoms with Crippen molar-refractivity contribution in [2.45, 2.75) is 26.8 Å². The van der Waals surface area contributed by atoms with Gasteiger partial charge in [0, 0.05) is 13.6 Å². The Morgan fingerprint density at radius 2 is 1.94 bits per heavy atom. The van der Waals surface area contributed by atoms with E-state index in [1.807, 2.05) is 7.05 Å². The molecular formula is C13H18N2O. The summed E-state index contributed by atoms with van der Waals surface area (Å²) in [6.07, 6.45) is 0. The minimum absolute atomic E-state index is 0.0163. The van der Waals surface area contributed by atoms with Crippen LogP contribution in [0.4, 0.5) is 4.79 Å². The van der Waals surface area contributed by atoms with Crippen LogP contribution in [0.3, 0.4) is 0 Å². The Bertz CT molecular complexity index is 440. The van der Waals surface area contributed by atoms with Gasteiger partial charge in [-0.15, -0.1) is 0 Å². The number of urea groups is 1. The molecule has 0 aliphatic carbocycles. The van der Waals surface area contributed by atoms with E-state index in [9.17, 15) is 4.79 Å². The second-order valence-electron chi connectivity index (χ2n) is 4.60. The summed E-state index contributed by atoms with van der Waals surface area (Å²) in [6, 6.07) is 4.41. The smallest absolute Gasteiger partial charge is 0.317 e. The lowest BCUT2D eigenvalue weighted by Gasteiger charge is -2.16. The lowest BCUT2D eigenvalue weighted by Crippen LogP contribution is -2.24. The standard InChI is InChI=1S/C13H18N2O/c1-8-5-6-11(10(3)9(8)2)12-7-15(4)13(16)14-12/h5-6,12H,7H2,1-4H3,(H,14,16). The van der Waals surface area contributed by atoms with Crippen molar-refractivity contribution in [1.29, 1.82) is 0 Å². The van der Waals surface area contributed by atoms with Crippen molar-refractivity contribution < 1.29 is 4.79 Å². The van der Waals surface area contributed by atoms with Crippen LogP contribution in [0.5, 0.6) is 0 Å². The summed E-state index contributed by atoms with van der Waals surface area (Å²) < 4.78 is 0. The molecule has 3 heteroatoms. The molecular weight excluding hydrogens is 200 g/mol. The second kappa shape index (κ2) is 3.81. The first-order chi connectivity index (χ1) is 7.50. The number of hydrogen-bond acceptors (Lipinski definition) is 1. The zero-order chi connectivity index (χ0) is 11.9. The van der Waals surface area contributed by atoms with E-state index >= 15 is 0 Å². The lowest BCUT2D eigenvalue weighted by atomic mass is 9.94. The van der Waals surface area contributed by atoms with Crippen LogP contribution in [-0.4, -0.2) is 24.5 Å². The van der Waals surface area contributed by atoms with Gasteiger partial charge >= 0.3 is 6.03 Å². The number of carbonyl (C=O) groups excluding carboxylic acids is 1. The average molecular weight is 218 g/mol. The first-order valence-corrected chi connectivity index (χ1v) is 5.59. The molecule has 1 fully saturated rings. The van der Waals surface area contributed by atoms with Gasteiger partial charge in [0.05, 0.1) is 6.04 Å². The number of aryl methyl sites for hydroxylation is 1. The maximum absolute atomic E-state index is 11.4. The Morgan fingerprint density at radius 3 is 2.50 bits per heavy atom. The molecule has 16 heavy (non-hydrogen) atoms. The van der Waals surface area contributed by atoms with Gasteiger partial charge in [0.2, 0.25) is 0 Å². The Morgan fingerprint density at radius 1 is 1.25 bits per heavy atom. The molecule has 3 nitrogen and oxygen atoms in total. The highest BCUT2D eigenvalue weighted by molar-refractivity contribution is 5.77. The third-order valence-electron chi connectivity index (χ3n) is 3.58. The first kappa shape index (κ1) is 11.0. The predicted octanol–water partition coefficient (Wildman–Crippen LogP) is 2.31. The highest BCUT2D eigenvalue weighted by Gasteiger charge is 2.28. The number of carbonyl (C=O) groups is 1. The zero-order valence-corrected chi connectivity index (χ0v) is 10.3. The third-order valence-corrected chi connectivity index (χ3v) is 3.58. The Hall–Kier alpha value is -1.51. The summed E-state index contributed by atoms with van der Waals surface area (Å²) in [5, 5.41) is 2.99. The Labute approximate surface area is 96.5 Å². The number of hydrogen-bond donors (Lipinski definition) is 1. The largest absolute Gasteiger partial charge is 0.329 e. The zero-order valence-electron chi connectivity index (χ0n) is 10.3. The number of benzene rings is 1. The van der Waals surface area contributed by atoms with E-state index in [4.69, 9.17) is 0 Å². The second-order valence-corrected chi connectivity index (χ2v) is 4.60. The summed E-state index contributed by atoms with van der Waals surface area (Å²) in [7, 11) is 1.83. The van der Waals surface area contributed by atoms with Crippen LogP contribution in [0.2, 0.25) is 0 Å². The van der Waals surface area contributed by atoms with Gasteiger partial charge < -0.3 is 10.2 Å². The molecule has 1 aromatic carbocycles. The van der Waals surface area contributed by atoms with Crippen molar-refractivity contribution in [3.8, 4) is 0 Å². The minimum atomic E-state index is 0.0163. The van der Waals surface area contributed by atoms with E-state index in [1.165, 1.54) is 22.3 Å². The number of nitrogens with one attached hydrogen (secondary N) is 1. The van der Waals surface area contributed by atoms with Crippen LogP contribution in [0.1, 0.15) is 28.3 Å². The van der Waals surface area contributed by atoms with Crippen LogP contribution < -0.4 is 5.32 Å². The molecule has 2 rings (SSSR count). The predicted molar refractivity (Wildman–Crippen MR) is 64.6 cm³/mol. The van der Waals surface area contributed by atoms with Crippen molar-refractivity contribution in [3.05, 3.63) is 34.4 Å². The van der Waals surface area contributed by atoms with E-state index in [0.717, 1.165) is 6.54 Å². The van der Waals surface area contributed by atoms with E-state index in [0.29, 0.717) is 0 Å². The highest BCUT2D eigenvalue weighted by Crippen LogP contribution is 2.26. The topological polar surface area (TPSA) is 32.3 Å². The molecule has 0 spiro atoms. The molecule has 0 bridgehead atoms.